The number of benzene rings is 2. The number of methoxy groups -OCH3 is 3. The van der Waals surface area contributed by atoms with Gasteiger partial charge in [0, 0.05) is 28.8 Å². The molecule has 0 N–H and O–H groups in total. The molecule has 0 radical (unpaired) electrons. The lowest BCUT2D eigenvalue weighted by atomic mass is 10.00. The van der Waals surface area contributed by atoms with Crippen molar-refractivity contribution in [1.82, 2.24) is 0 Å². The van der Waals surface area contributed by atoms with Crippen molar-refractivity contribution >= 4 is 11.6 Å². The first-order chi connectivity index (χ1) is 10.7. The standard InChI is InChI=1S/C18H18O4/c1-19-14-5-4-12-8-13(11-22-17(12)9-14)16-7-6-15(20-2)10-18(16)21-3/h4-10H,11H2,1-3H3. The molecule has 4 heteroatoms. The summed E-state index contributed by atoms with van der Waals surface area (Å²) in [6.45, 7) is 0.489. The molecule has 0 saturated carbocycles. The Balaban J connectivity index is 2.00. The monoisotopic (exact) mass is 298 g/mol. The number of hydrogen-bond donors (Lipinski definition) is 0. The lowest BCUT2D eigenvalue weighted by molar-refractivity contribution is 0.357. The van der Waals surface area contributed by atoms with Crippen molar-refractivity contribution < 1.29 is 18.9 Å². The van der Waals surface area contributed by atoms with Crippen LogP contribution < -0.4 is 18.9 Å². The maximum absolute atomic E-state index is 5.85. The van der Waals surface area contributed by atoms with Crippen LogP contribution in [0.1, 0.15) is 11.1 Å². The highest BCUT2D eigenvalue weighted by Crippen LogP contribution is 2.37. The molecule has 1 aliphatic heterocycles. The van der Waals surface area contributed by atoms with E-state index in [0.29, 0.717) is 6.61 Å². The summed E-state index contributed by atoms with van der Waals surface area (Å²) in [7, 11) is 4.94. The van der Waals surface area contributed by atoms with Gasteiger partial charge in [0.2, 0.25) is 0 Å². The van der Waals surface area contributed by atoms with Gasteiger partial charge in [-0.1, -0.05) is 0 Å². The SMILES string of the molecule is COc1ccc2c(c1)OCC(c1ccc(OC)cc1OC)=C2. The fourth-order valence-corrected chi connectivity index (χ4v) is 2.49. The smallest absolute Gasteiger partial charge is 0.130 e. The number of hydrogen-bond acceptors (Lipinski definition) is 4. The minimum atomic E-state index is 0.489. The summed E-state index contributed by atoms with van der Waals surface area (Å²) in [6.07, 6.45) is 2.11. The third-order valence-electron chi connectivity index (χ3n) is 3.69. The van der Waals surface area contributed by atoms with E-state index in [9.17, 15) is 0 Å². The molecule has 0 atom stereocenters. The fourth-order valence-electron chi connectivity index (χ4n) is 2.49. The summed E-state index contributed by atoms with van der Waals surface area (Å²) in [5.74, 6) is 3.16. The third-order valence-corrected chi connectivity index (χ3v) is 3.69. The summed E-state index contributed by atoms with van der Waals surface area (Å²) >= 11 is 0. The predicted octanol–water partition coefficient (Wildman–Crippen LogP) is 3.65. The van der Waals surface area contributed by atoms with Crippen LogP contribution in [0.4, 0.5) is 0 Å². The molecule has 0 bridgehead atoms. The molecule has 114 valence electrons. The average Bonchev–Trinajstić information content (AvgIpc) is 2.60. The van der Waals surface area contributed by atoms with Crippen molar-refractivity contribution in [1.29, 1.82) is 0 Å². The Hall–Kier alpha value is -2.62. The number of rotatable bonds is 4. The quantitative estimate of drug-likeness (QED) is 0.863. The zero-order chi connectivity index (χ0) is 15.5. The highest BCUT2D eigenvalue weighted by atomic mass is 16.5. The highest BCUT2D eigenvalue weighted by molar-refractivity contribution is 5.88. The van der Waals surface area contributed by atoms with Gasteiger partial charge in [-0.05, 0) is 30.3 Å². The Morgan fingerprint density at radius 2 is 1.59 bits per heavy atom. The van der Waals surface area contributed by atoms with Gasteiger partial charge < -0.3 is 18.9 Å². The molecule has 2 aromatic carbocycles. The van der Waals surface area contributed by atoms with Crippen LogP contribution in [-0.2, 0) is 0 Å². The van der Waals surface area contributed by atoms with Gasteiger partial charge in [-0.15, -0.1) is 0 Å². The molecule has 1 heterocycles. The lowest BCUT2D eigenvalue weighted by Crippen LogP contribution is -2.07. The lowest BCUT2D eigenvalue weighted by Gasteiger charge is -2.20. The second-order valence-electron chi connectivity index (χ2n) is 4.93. The molecule has 2 aromatic rings. The van der Waals surface area contributed by atoms with Gasteiger partial charge in [0.05, 0.1) is 21.3 Å². The van der Waals surface area contributed by atoms with Crippen LogP contribution in [0.3, 0.4) is 0 Å². The van der Waals surface area contributed by atoms with E-state index in [1.54, 1.807) is 21.3 Å². The van der Waals surface area contributed by atoms with E-state index in [2.05, 4.69) is 6.08 Å². The minimum Gasteiger partial charge on any atom is -0.497 e. The topological polar surface area (TPSA) is 36.9 Å². The Bertz CT molecular complexity index is 719. The molecular weight excluding hydrogens is 280 g/mol. The predicted molar refractivity (Wildman–Crippen MR) is 85.9 cm³/mol. The van der Waals surface area contributed by atoms with E-state index in [1.165, 1.54) is 0 Å². The number of ether oxygens (including phenoxy) is 4. The van der Waals surface area contributed by atoms with Gasteiger partial charge in [-0.25, -0.2) is 0 Å². The molecule has 22 heavy (non-hydrogen) atoms. The van der Waals surface area contributed by atoms with Crippen molar-refractivity contribution in [3.05, 3.63) is 47.5 Å². The molecular formula is C18H18O4. The van der Waals surface area contributed by atoms with Crippen LogP contribution in [0, 0.1) is 0 Å². The Labute approximate surface area is 129 Å². The third kappa shape index (κ3) is 2.60. The number of fused-ring (bicyclic) bond motifs is 1. The van der Waals surface area contributed by atoms with Crippen molar-refractivity contribution in [2.75, 3.05) is 27.9 Å². The van der Waals surface area contributed by atoms with Crippen LogP contribution in [0.15, 0.2) is 36.4 Å². The average molecular weight is 298 g/mol. The molecule has 1 aliphatic rings. The van der Waals surface area contributed by atoms with Crippen LogP contribution in [0.5, 0.6) is 23.0 Å². The maximum atomic E-state index is 5.85. The summed E-state index contributed by atoms with van der Waals surface area (Å²) in [5, 5.41) is 0. The fraction of sp³-hybridized carbons (Fsp3) is 0.222. The summed E-state index contributed by atoms with van der Waals surface area (Å²) in [5.41, 5.74) is 3.10. The van der Waals surface area contributed by atoms with E-state index in [-0.39, 0.29) is 0 Å². The summed E-state index contributed by atoms with van der Waals surface area (Å²) < 4.78 is 21.8. The van der Waals surface area contributed by atoms with Gasteiger partial charge in [0.15, 0.2) is 0 Å². The second-order valence-corrected chi connectivity index (χ2v) is 4.93. The molecule has 0 spiro atoms. The van der Waals surface area contributed by atoms with E-state index in [0.717, 1.165) is 39.7 Å². The van der Waals surface area contributed by atoms with Crippen LogP contribution in [0.2, 0.25) is 0 Å². The Kier molecular flexibility index (Phi) is 3.92. The molecule has 4 nitrogen and oxygen atoms in total. The van der Waals surface area contributed by atoms with Gasteiger partial charge in [-0.2, -0.15) is 0 Å². The molecule has 0 fully saturated rings. The molecule has 0 aromatic heterocycles. The van der Waals surface area contributed by atoms with Crippen LogP contribution in [0.25, 0.3) is 11.6 Å². The van der Waals surface area contributed by atoms with Crippen molar-refractivity contribution in [3.63, 3.8) is 0 Å². The zero-order valence-electron chi connectivity index (χ0n) is 12.9. The largest absolute Gasteiger partial charge is 0.497 e. The van der Waals surface area contributed by atoms with Gasteiger partial charge in [-0.3, -0.25) is 0 Å². The molecule has 0 aliphatic carbocycles. The van der Waals surface area contributed by atoms with Crippen LogP contribution in [-0.4, -0.2) is 27.9 Å². The van der Waals surface area contributed by atoms with Crippen molar-refractivity contribution in [3.8, 4) is 23.0 Å². The first-order valence-electron chi connectivity index (χ1n) is 6.99. The minimum absolute atomic E-state index is 0.489. The first-order valence-corrected chi connectivity index (χ1v) is 6.99. The van der Waals surface area contributed by atoms with Gasteiger partial charge in [0.25, 0.3) is 0 Å². The molecule has 0 saturated heterocycles. The Morgan fingerprint density at radius 3 is 2.32 bits per heavy atom. The van der Waals surface area contributed by atoms with E-state index in [4.69, 9.17) is 18.9 Å². The van der Waals surface area contributed by atoms with E-state index >= 15 is 0 Å². The highest BCUT2D eigenvalue weighted by Gasteiger charge is 2.17. The normalized spacial score (nSPS) is 12.8. The molecule has 0 unspecified atom stereocenters. The second kappa shape index (κ2) is 6.02. The van der Waals surface area contributed by atoms with E-state index in [1.807, 2.05) is 36.4 Å². The molecule has 0 amide bonds. The molecule has 3 rings (SSSR count). The zero-order valence-corrected chi connectivity index (χ0v) is 12.9. The van der Waals surface area contributed by atoms with Crippen LogP contribution >= 0.6 is 0 Å². The van der Waals surface area contributed by atoms with E-state index < -0.39 is 0 Å². The van der Waals surface area contributed by atoms with Gasteiger partial charge >= 0.3 is 0 Å². The Morgan fingerprint density at radius 1 is 0.864 bits per heavy atom. The maximum Gasteiger partial charge on any atom is 0.130 e. The first kappa shape index (κ1) is 14.3. The van der Waals surface area contributed by atoms with Crippen molar-refractivity contribution in [2.24, 2.45) is 0 Å². The summed E-state index contributed by atoms with van der Waals surface area (Å²) in [6, 6.07) is 11.6. The summed E-state index contributed by atoms with van der Waals surface area (Å²) in [4.78, 5) is 0. The van der Waals surface area contributed by atoms with Crippen molar-refractivity contribution in [2.45, 2.75) is 0 Å². The van der Waals surface area contributed by atoms with Gasteiger partial charge in [0.1, 0.15) is 29.6 Å².